The molecule has 0 unspecified atom stereocenters. The molecule has 1 aliphatic rings. The summed E-state index contributed by atoms with van der Waals surface area (Å²) in [5.74, 6) is -1.17. The molecule has 2 heterocycles. The second kappa shape index (κ2) is 7.66. The van der Waals surface area contributed by atoms with Crippen molar-refractivity contribution in [1.82, 2.24) is 10.3 Å². The largest absolute Gasteiger partial charge is 0.478 e. The highest BCUT2D eigenvalue weighted by atomic mass is 16.4. The van der Waals surface area contributed by atoms with Gasteiger partial charge in [0.15, 0.2) is 0 Å². The number of nitrogens with zero attached hydrogens (tertiary/aromatic N) is 1. The molecule has 2 aromatic rings. The van der Waals surface area contributed by atoms with Crippen LogP contribution in [0.2, 0.25) is 0 Å². The van der Waals surface area contributed by atoms with Crippen molar-refractivity contribution in [2.24, 2.45) is 5.92 Å². The standard InChI is InChI=1S/C20H23N3O3/c1-12-4-3-5-17(21-2)18-11-13(8-9-22-18)15-10-14(20(25)26)6-7-16(15)23-19(12)24/h6-12,17,21H,3-5H2,1-2H3,(H,23,24)(H,25,26)/t12-,17+/m1/s1. The number of rotatable bonds is 2. The minimum Gasteiger partial charge on any atom is -0.478 e. The number of aromatic nitrogens is 1. The lowest BCUT2D eigenvalue weighted by molar-refractivity contribution is -0.119. The molecule has 1 aromatic heterocycles. The number of amides is 1. The summed E-state index contributed by atoms with van der Waals surface area (Å²) in [7, 11) is 1.90. The lowest BCUT2D eigenvalue weighted by Gasteiger charge is -2.21. The SMILES string of the molecule is CN[C@H]1CCC[C@@H](C)C(=O)Nc2ccc(C(=O)O)cc2-c2ccnc1c2. The number of hydrogen-bond donors (Lipinski definition) is 3. The Morgan fingerprint density at radius 1 is 1.27 bits per heavy atom. The Hall–Kier alpha value is -2.73. The molecular weight excluding hydrogens is 330 g/mol. The molecule has 0 radical (unpaired) electrons. The fraction of sp³-hybridized carbons (Fsp3) is 0.350. The number of carbonyl (C=O) groups is 2. The lowest BCUT2D eigenvalue weighted by Crippen LogP contribution is -2.23. The maximum Gasteiger partial charge on any atom is 0.335 e. The number of pyridine rings is 1. The van der Waals surface area contributed by atoms with Gasteiger partial charge in [-0.2, -0.15) is 0 Å². The second-order valence-electron chi connectivity index (χ2n) is 6.70. The first-order chi connectivity index (χ1) is 12.5. The minimum absolute atomic E-state index is 0.0508. The summed E-state index contributed by atoms with van der Waals surface area (Å²) >= 11 is 0. The van der Waals surface area contributed by atoms with Crippen LogP contribution in [0.1, 0.15) is 48.3 Å². The van der Waals surface area contributed by atoms with Crippen LogP contribution in [-0.4, -0.2) is 29.0 Å². The van der Waals surface area contributed by atoms with Crippen LogP contribution in [-0.2, 0) is 4.79 Å². The Kier molecular flexibility index (Phi) is 5.32. The van der Waals surface area contributed by atoms with Gasteiger partial charge >= 0.3 is 5.97 Å². The van der Waals surface area contributed by atoms with Gasteiger partial charge in [0.2, 0.25) is 5.91 Å². The molecule has 3 rings (SSSR count). The van der Waals surface area contributed by atoms with E-state index in [1.165, 1.54) is 6.07 Å². The van der Waals surface area contributed by atoms with E-state index in [1.54, 1.807) is 18.3 Å². The molecule has 1 aromatic carbocycles. The van der Waals surface area contributed by atoms with Crippen molar-refractivity contribution >= 4 is 17.6 Å². The van der Waals surface area contributed by atoms with Crippen LogP contribution in [0.25, 0.3) is 11.1 Å². The van der Waals surface area contributed by atoms with Crippen LogP contribution in [0.3, 0.4) is 0 Å². The van der Waals surface area contributed by atoms with Gasteiger partial charge in [0.25, 0.3) is 0 Å². The second-order valence-corrected chi connectivity index (χ2v) is 6.70. The number of anilines is 1. The van der Waals surface area contributed by atoms with E-state index < -0.39 is 5.97 Å². The Bertz CT molecular complexity index is 835. The quantitative estimate of drug-likeness (QED) is 0.769. The van der Waals surface area contributed by atoms with E-state index in [-0.39, 0.29) is 23.4 Å². The number of fused-ring (bicyclic) bond motifs is 4. The number of carbonyl (C=O) groups excluding carboxylic acids is 1. The third-order valence-corrected chi connectivity index (χ3v) is 4.90. The van der Waals surface area contributed by atoms with Gasteiger partial charge in [-0.05, 0) is 55.8 Å². The Balaban J connectivity index is 2.16. The summed E-state index contributed by atoms with van der Waals surface area (Å²) < 4.78 is 0. The molecule has 1 amide bonds. The zero-order valence-corrected chi connectivity index (χ0v) is 15.0. The van der Waals surface area contributed by atoms with Crippen molar-refractivity contribution in [3.63, 3.8) is 0 Å². The predicted octanol–water partition coefficient (Wildman–Crippen LogP) is 3.47. The fourth-order valence-corrected chi connectivity index (χ4v) is 3.29. The monoisotopic (exact) mass is 353 g/mol. The normalized spacial score (nSPS) is 20.3. The Morgan fingerprint density at radius 2 is 2.08 bits per heavy atom. The predicted molar refractivity (Wildman–Crippen MR) is 100 cm³/mol. The highest BCUT2D eigenvalue weighted by Crippen LogP contribution is 2.32. The average Bonchev–Trinajstić information content (AvgIpc) is 2.64. The average molecular weight is 353 g/mol. The van der Waals surface area contributed by atoms with Gasteiger partial charge in [-0.3, -0.25) is 9.78 Å². The van der Waals surface area contributed by atoms with Crippen molar-refractivity contribution in [3.8, 4) is 11.1 Å². The van der Waals surface area contributed by atoms with E-state index in [0.29, 0.717) is 11.3 Å². The highest BCUT2D eigenvalue weighted by Gasteiger charge is 2.20. The molecule has 0 aliphatic carbocycles. The van der Waals surface area contributed by atoms with Crippen molar-refractivity contribution in [3.05, 3.63) is 47.8 Å². The molecule has 2 bridgehead atoms. The molecule has 26 heavy (non-hydrogen) atoms. The zero-order chi connectivity index (χ0) is 18.7. The maximum atomic E-state index is 12.5. The Morgan fingerprint density at radius 3 is 2.81 bits per heavy atom. The van der Waals surface area contributed by atoms with Gasteiger partial charge in [-0.1, -0.05) is 13.3 Å². The number of carboxylic acid groups (broad SMARTS) is 1. The van der Waals surface area contributed by atoms with E-state index in [9.17, 15) is 14.7 Å². The number of carboxylic acids is 1. The first-order valence-corrected chi connectivity index (χ1v) is 8.81. The molecule has 136 valence electrons. The molecule has 1 aliphatic heterocycles. The summed E-state index contributed by atoms with van der Waals surface area (Å²) in [6.45, 7) is 1.91. The topological polar surface area (TPSA) is 91.3 Å². The summed E-state index contributed by atoms with van der Waals surface area (Å²) in [5.41, 5.74) is 3.23. The van der Waals surface area contributed by atoms with E-state index in [1.807, 2.05) is 26.1 Å². The van der Waals surface area contributed by atoms with Crippen molar-refractivity contribution in [2.45, 2.75) is 32.2 Å². The first kappa shape index (κ1) is 18.1. The summed E-state index contributed by atoms with van der Waals surface area (Å²) in [5, 5.41) is 15.6. The van der Waals surface area contributed by atoms with E-state index in [0.717, 1.165) is 30.5 Å². The van der Waals surface area contributed by atoms with Gasteiger partial charge in [0, 0.05) is 29.4 Å². The van der Waals surface area contributed by atoms with Crippen LogP contribution in [0.4, 0.5) is 5.69 Å². The number of nitrogens with one attached hydrogen (secondary N) is 2. The van der Waals surface area contributed by atoms with E-state index in [4.69, 9.17) is 0 Å². The molecule has 2 atom stereocenters. The third kappa shape index (κ3) is 3.75. The maximum absolute atomic E-state index is 12.5. The number of benzene rings is 1. The van der Waals surface area contributed by atoms with Gasteiger partial charge in [-0.25, -0.2) is 4.79 Å². The van der Waals surface area contributed by atoms with Crippen LogP contribution >= 0.6 is 0 Å². The summed E-state index contributed by atoms with van der Waals surface area (Å²) in [4.78, 5) is 28.4. The molecule has 0 spiro atoms. The van der Waals surface area contributed by atoms with Crippen molar-refractivity contribution in [1.29, 1.82) is 0 Å². The molecule has 0 fully saturated rings. The van der Waals surface area contributed by atoms with E-state index >= 15 is 0 Å². The molecule has 6 nitrogen and oxygen atoms in total. The van der Waals surface area contributed by atoms with E-state index in [2.05, 4.69) is 15.6 Å². The van der Waals surface area contributed by atoms with Gasteiger partial charge in [0.05, 0.1) is 11.3 Å². The zero-order valence-electron chi connectivity index (χ0n) is 15.0. The van der Waals surface area contributed by atoms with Crippen molar-refractivity contribution in [2.75, 3.05) is 12.4 Å². The first-order valence-electron chi connectivity index (χ1n) is 8.81. The summed E-state index contributed by atoms with van der Waals surface area (Å²) in [6.07, 6.45) is 4.30. The van der Waals surface area contributed by atoms with Gasteiger partial charge in [-0.15, -0.1) is 0 Å². The minimum atomic E-state index is -0.999. The van der Waals surface area contributed by atoms with Crippen LogP contribution in [0.15, 0.2) is 36.5 Å². The van der Waals surface area contributed by atoms with Gasteiger partial charge in [0.1, 0.15) is 0 Å². The summed E-state index contributed by atoms with van der Waals surface area (Å²) in [6, 6.07) is 8.66. The van der Waals surface area contributed by atoms with Crippen LogP contribution in [0.5, 0.6) is 0 Å². The van der Waals surface area contributed by atoms with Crippen molar-refractivity contribution < 1.29 is 14.7 Å². The highest BCUT2D eigenvalue weighted by molar-refractivity contribution is 5.99. The van der Waals surface area contributed by atoms with Gasteiger partial charge < -0.3 is 15.7 Å². The molecule has 3 N–H and O–H groups in total. The molecular formula is C20H23N3O3. The molecule has 0 saturated carbocycles. The molecule has 0 saturated heterocycles. The number of aromatic carboxylic acids is 1. The fourth-order valence-electron chi connectivity index (χ4n) is 3.29. The van der Waals surface area contributed by atoms with Crippen LogP contribution in [0, 0.1) is 5.92 Å². The van der Waals surface area contributed by atoms with Crippen LogP contribution < -0.4 is 10.6 Å². The smallest absolute Gasteiger partial charge is 0.335 e. The Labute approximate surface area is 152 Å². The molecule has 6 heteroatoms. The number of hydrogen-bond acceptors (Lipinski definition) is 4. The third-order valence-electron chi connectivity index (χ3n) is 4.90. The lowest BCUT2D eigenvalue weighted by atomic mass is 9.95.